The number of aromatic amines is 2. The lowest BCUT2D eigenvalue weighted by Crippen LogP contribution is -2.70. The van der Waals surface area contributed by atoms with Crippen LogP contribution in [0.25, 0.3) is 21.8 Å². The molecule has 4 fully saturated rings. The smallest absolute Gasteiger partial charge is 0.333 e. The van der Waals surface area contributed by atoms with Crippen LogP contribution in [0.2, 0.25) is 0 Å². The van der Waals surface area contributed by atoms with Gasteiger partial charge in [0.15, 0.2) is 57.1 Å². The molecule has 0 aliphatic carbocycles. The highest BCUT2D eigenvalue weighted by Crippen LogP contribution is 2.67. The number of hydrogen-bond acceptors (Lipinski definition) is 28. The first-order valence-corrected chi connectivity index (χ1v) is 40.0. The molecule has 16 heterocycles. The van der Waals surface area contributed by atoms with E-state index in [1.807, 2.05) is 45.9 Å². The third-order valence-corrected chi connectivity index (χ3v) is 28.3. The van der Waals surface area contributed by atoms with E-state index in [0.29, 0.717) is 147 Å². The van der Waals surface area contributed by atoms with Crippen LogP contribution >= 0.6 is 23.5 Å². The summed E-state index contributed by atoms with van der Waals surface area (Å²) in [5, 5.41) is 78.8. The Bertz CT molecular complexity index is 5600. The molecule has 22 rings (SSSR count). The highest BCUT2D eigenvalue weighted by molar-refractivity contribution is 7.99. The zero-order chi connectivity index (χ0) is 78.4. The molecule has 2 spiro atoms. The average molecular weight is 1570 g/mol. The molecular formula is C83H82N10O18S2. The van der Waals surface area contributed by atoms with Crippen LogP contribution < -0.4 is 53.8 Å². The summed E-state index contributed by atoms with van der Waals surface area (Å²) < 4.78 is 61.3. The molecule has 30 heteroatoms. The molecule has 0 radical (unpaired) electrons. The van der Waals surface area contributed by atoms with Gasteiger partial charge in [0, 0.05) is 135 Å². The maximum absolute atomic E-state index is 14.9. The first-order valence-electron chi connectivity index (χ1n) is 37.9. The minimum atomic E-state index is -1.35. The zero-order valence-electron chi connectivity index (χ0n) is 63.1. The number of carbonyl (C=O) groups is 4. The molecule has 6 aromatic carbocycles. The Hall–Kier alpha value is -10.5. The lowest BCUT2D eigenvalue weighted by molar-refractivity contribution is -0.158. The fraction of sp³-hybridized carbons (Fsp3) is 0.422. The Morgan fingerprint density at radius 3 is 1.58 bits per heavy atom. The number of esters is 4. The summed E-state index contributed by atoms with van der Waals surface area (Å²) in [5.41, 5.74) is 10.8. The molecule has 8 bridgehead atoms. The monoisotopic (exact) mass is 1570 g/mol. The van der Waals surface area contributed by atoms with E-state index in [-0.39, 0.29) is 73.4 Å². The van der Waals surface area contributed by atoms with Crippen molar-refractivity contribution in [1.82, 2.24) is 40.6 Å². The Morgan fingerprint density at radius 1 is 0.619 bits per heavy atom. The first-order chi connectivity index (χ1) is 54.6. The molecule has 113 heavy (non-hydrogen) atoms. The topological polar surface area (TPSA) is 366 Å². The van der Waals surface area contributed by atoms with Gasteiger partial charge in [0.2, 0.25) is 13.6 Å². The van der Waals surface area contributed by atoms with E-state index >= 15 is 0 Å². The standard InChI is InChI=1S/C43H43N5O9S.C40H39N5O9S/c1-6-11-47-27-13-22-12-19(2)36(53-5)35(51)30(22)33(47)34-40-32-31(39-38(55-18-56-39)20(3)37(32)57-21(4)49)29(48(34)28(27)15-44)16-54-42(52)43(17-58-40)41-24(9-10-45-43)25-14-23(50)7-8-26(25)46-41;1-16-9-19-10-24-25(12-41)45-26-13-51-39(49)40(38-21(7-8-42-40)22-11-20(47)5-6-23(22)44-38)14-55-37(31(45)30(43-24)27(19)32(48)33(16)50-4)29-28(26)36-35(52-15-53-36)17(2)34(29)54-18(3)46/h6-8,12,14,27-29,33-34,40,45-46,50-51H,1,9-11,13,16-18H2,2-5H3;5-6,9,11,24-26,30-31,37,42-44,47-48H,7-8,10,13-15H2,1-4H3/t27-,28-,29-,33+,34?,40+,43+;24-,25-,26-,30+,31?,37+,40+/m00/s1. The molecule has 14 aliphatic heterocycles. The van der Waals surface area contributed by atoms with Crippen molar-refractivity contribution in [3.63, 3.8) is 0 Å². The first kappa shape index (κ1) is 72.7. The van der Waals surface area contributed by atoms with Crippen LogP contribution in [-0.4, -0.2) is 177 Å². The summed E-state index contributed by atoms with van der Waals surface area (Å²) in [5.74, 6) is 1.90. The van der Waals surface area contributed by atoms with E-state index in [4.69, 9.17) is 47.4 Å². The van der Waals surface area contributed by atoms with Crippen LogP contribution in [0.5, 0.6) is 69.0 Å². The second-order valence-corrected chi connectivity index (χ2v) is 33.4. The highest BCUT2D eigenvalue weighted by Gasteiger charge is 2.65. The number of phenols is 4. The predicted molar refractivity (Wildman–Crippen MR) is 411 cm³/mol. The Morgan fingerprint density at radius 2 is 1.10 bits per heavy atom. The van der Waals surface area contributed by atoms with Crippen LogP contribution in [0.1, 0.15) is 138 Å². The largest absolute Gasteiger partial charge is 0.508 e. The van der Waals surface area contributed by atoms with Crippen molar-refractivity contribution in [1.29, 1.82) is 10.5 Å². The van der Waals surface area contributed by atoms with E-state index in [2.05, 4.69) is 59.3 Å². The number of nitrogens with one attached hydrogen (secondary N) is 5. The lowest BCUT2D eigenvalue weighted by atomic mass is 9.71. The van der Waals surface area contributed by atoms with Crippen LogP contribution in [0.4, 0.5) is 0 Å². The number of ether oxygens (including phenoxy) is 10. The van der Waals surface area contributed by atoms with E-state index in [1.165, 1.54) is 44.5 Å². The number of rotatable bonds is 6. The number of hydrogen-bond donors (Lipinski definition) is 9. The van der Waals surface area contributed by atoms with Gasteiger partial charge in [0.25, 0.3) is 0 Å². The molecule has 2 aromatic heterocycles. The number of nitriles is 2. The van der Waals surface area contributed by atoms with Gasteiger partial charge in [-0.25, -0.2) is 9.59 Å². The Labute approximate surface area is 656 Å². The molecule has 0 amide bonds. The van der Waals surface area contributed by atoms with Crippen molar-refractivity contribution in [2.75, 3.05) is 72.2 Å². The van der Waals surface area contributed by atoms with E-state index in [1.54, 1.807) is 43.5 Å². The SMILES string of the molecule is C=CCN1[C@@H]2c3c(cc(C)c(OC)c3O)C[C@H]1[C@H](C#N)N1C2[C@@H]2SC[C@]3(NCCc4c3[nH]c3ccc(O)cc43)C(=O)OC[C@H]1c1c3c(c(C)c(OC(C)=O)c12)OCO3.COc1c(C)cc2c(c1O)[C@H]1N[C@@H](C2)[C@H](C#N)N2C1[C@@H]1SC[C@]3(NCCc4c3[nH]c3ccc(O)cc43)C(=O)OC[C@H]2c2c3c(c(C)c(OC(C)=O)c21)OCO3. The van der Waals surface area contributed by atoms with Crippen molar-refractivity contribution in [2.45, 2.75) is 149 Å². The van der Waals surface area contributed by atoms with Gasteiger partial charge >= 0.3 is 23.9 Å². The van der Waals surface area contributed by atoms with E-state index < -0.39 is 93.8 Å². The molecule has 2 unspecified atom stereocenters. The van der Waals surface area contributed by atoms with Gasteiger partial charge in [-0.3, -0.25) is 34.9 Å². The van der Waals surface area contributed by atoms with Gasteiger partial charge in [-0.1, -0.05) is 18.2 Å². The number of phenolic OH excluding ortho intramolecular Hbond substituents is 4. The number of aryl methyl sites for hydroxylation is 2. The van der Waals surface area contributed by atoms with Gasteiger partial charge in [-0.05, 0) is 123 Å². The van der Waals surface area contributed by atoms with Crippen LogP contribution in [0.15, 0.2) is 61.2 Å². The number of methoxy groups -OCH3 is 2. The molecule has 28 nitrogen and oxygen atoms in total. The average Bonchev–Trinajstić information content (AvgIpc) is 1.21. The van der Waals surface area contributed by atoms with Gasteiger partial charge in [0.1, 0.15) is 48.3 Å². The molecule has 9 N–H and O–H groups in total. The Balaban J connectivity index is 0.000000152. The summed E-state index contributed by atoms with van der Waals surface area (Å²) >= 11 is 2.99. The van der Waals surface area contributed by atoms with Gasteiger partial charge in [-0.2, -0.15) is 10.5 Å². The second-order valence-electron chi connectivity index (χ2n) is 31.1. The van der Waals surface area contributed by atoms with Crippen LogP contribution in [0, 0.1) is 50.4 Å². The summed E-state index contributed by atoms with van der Waals surface area (Å²) in [6.45, 7) is 15.2. The summed E-state index contributed by atoms with van der Waals surface area (Å²) in [7, 11) is 3.07. The number of thioether (sulfide) groups is 2. The van der Waals surface area contributed by atoms with Gasteiger partial charge < -0.3 is 83.1 Å². The fourth-order valence-electron chi connectivity index (χ4n) is 21.1. The fourth-order valence-corrected chi connectivity index (χ4v) is 24.5. The van der Waals surface area contributed by atoms with Gasteiger partial charge in [0.05, 0.1) is 72.4 Å². The van der Waals surface area contributed by atoms with Crippen molar-refractivity contribution in [3.8, 4) is 81.1 Å². The molecule has 14 aliphatic rings. The number of fused-ring (bicyclic) bond motifs is 22. The van der Waals surface area contributed by atoms with Crippen molar-refractivity contribution in [2.24, 2.45) is 0 Å². The minimum absolute atomic E-state index is 0.0342. The van der Waals surface area contributed by atoms with Crippen molar-refractivity contribution < 1.29 is 87.0 Å². The molecule has 584 valence electrons. The van der Waals surface area contributed by atoms with Crippen LogP contribution in [0.3, 0.4) is 0 Å². The number of nitrogens with zero attached hydrogens (tertiary/aromatic N) is 5. The zero-order valence-corrected chi connectivity index (χ0v) is 64.7. The summed E-state index contributed by atoms with van der Waals surface area (Å²) in [6.07, 6.45) is 3.99. The third kappa shape index (κ3) is 10.4. The van der Waals surface area contributed by atoms with Crippen LogP contribution in [-0.2, 0) is 65.4 Å². The normalized spacial score (nSPS) is 28.4. The second kappa shape index (κ2) is 26.8. The molecule has 8 aromatic rings. The number of carbonyl (C=O) groups excluding carboxylic acids is 4. The number of piperazine rings is 2. The quantitative estimate of drug-likeness (QED) is 0.0425. The van der Waals surface area contributed by atoms with E-state index in [0.717, 1.165) is 55.2 Å². The highest BCUT2D eigenvalue weighted by atomic mass is 32.2. The van der Waals surface area contributed by atoms with E-state index in [9.17, 15) is 50.1 Å². The maximum atomic E-state index is 14.9. The lowest BCUT2D eigenvalue weighted by Gasteiger charge is -2.62. The maximum Gasteiger partial charge on any atom is 0.333 e. The number of H-pyrrole nitrogens is 2. The third-order valence-electron chi connectivity index (χ3n) is 25.4. The number of aromatic hydroxyl groups is 4. The Kier molecular flexibility index (Phi) is 17.2. The predicted octanol–water partition coefficient (Wildman–Crippen LogP) is 9.13. The number of benzene rings is 6. The van der Waals surface area contributed by atoms with Crippen molar-refractivity contribution in [3.05, 3.63) is 150 Å². The summed E-state index contributed by atoms with van der Waals surface area (Å²) in [4.78, 5) is 69.2. The van der Waals surface area contributed by atoms with Crippen molar-refractivity contribution >= 4 is 69.2 Å². The summed E-state index contributed by atoms with van der Waals surface area (Å²) in [6, 6.07) is 13.9. The number of aromatic nitrogens is 2. The molecule has 4 saturated heterocycles. The van der Waals surface area contributed by atoms with Gasteiger partial charge in [-0.15, -0.1) is 30.1 Å². The molecule has 0 saturated carbocycles. The molecule has 14 atom stereocenters. The minimum Gasteiger partial charge on any atom is -0.508 e. The molecular weight excluding hydrogens is 1490 g/mol.